The van der Waals surface area contributed by atoms with Gasteiger partial charge < -0.3 is 24.4 Å². The van der Waals surface area contributed by atoms with Crippen LogP contribution in [0.2, 0.25) is 0 Å². The highest BCUT2D eigenvalue weighted by Gasteiger charge is 2.40. The Kier molecular flexibility index (Phi) is 10.9. The summed E-state index contributed by atoms with van der Waals surface area (Å²) in [4.78, 5) is 0. The zero-order valence-electron chi connectivity index (χ0n) is 15.8. The maximum atomic E-state index is 10.3. The first-order chi connectivity index (χ1) is 12.1. The van der Waals surface area contributed by atoms with Crippen molar-refractivity contribution in [2.75, 3.05) is 20.5 Å². The molecule has 0 amide bonds. The lowest BCUT2D eigenvalue weighted by Gasteiger charge is -2.39. The Hall–Kier alpha value is -0.980. The van der Waals surface area contributed by atoms with Gasteiger partial charge in [-0.1, -0.05) is 62.9 Å². The van der Waals surface area contributed by atoms with Crippen molar-refractivity contribution >= 4 is 0 Å². The quantitative estimate of drug-likeness (QED) is 0.396. The van der Waals surface area contributed by atoms with Gasteiger partial charge in [0.25, 0.3) is 0 Å². The Morgan fingerprint density at radius 1 is 1.12 bits per heavy atom. The van der Waals surface area contributed by atoms with E-state index in [4.69, 9.17) is 14.2 Å². The molecule has 2 N–H and O–H groups in total. The summed E-state index contributed by atoms with van der Waals surface area (Å²) in [5.41, 5.74) is 0.343. The van der Waals surface area contributed by atoms with Crippen molar-refractivity contribution < 1.29 is 24.4 Å². The minimum Gasteiger partial charge on any atom is -0.394 e. The number of hydrogen-bond acceptors (Lipinski definition) is 5. The van der Waals surface area contributed by atoms with Crippen molar-refractivity contribution in [1.29, 1.82) is 0 Å². The molecule has 0 unspecified atom stereocenters. The van der Waals surface area contributed by atoms with Gasteiger partial charge in [-0.05, 0) is 18.9 Å². The number of methoxy groups -OCH3 is 1. The van der Waals surface area contributed by atoms with Gasteiger partial charge in [-0.15, -0.1) is 0 Å². The summed E-state index contributed by atoms with van der Waals surface area (Å²) in [6.07, 6.45) is 3.46. The second-order valence-electron chi connectivity index (χ2n) is 6.64. The number of unbranched alkanes of at least 4 members (excludes halogenated alkanes) is 3. The predicted molar refractivity (Wildman–Crippen MR) is 98.2 cm³/mol. The first-order valence-corrected chi connectivity index (χ1v) is 9.14. The van der Waals surface area contributed by atoms with Crippen LogP contribution in [0.1, 0.15) is 51.5 Å². The van der Waals surface area contributed by atoms with Gasteiger partial charge in [-0.3, -0.25) is 0 Å². The molecule has 0 heterocycles. The zero-order chi connectivity index (χ0) is 18.5. The smallest absolute Gasteiger partial charge is 0.146 e. The van der Waals surface area contributed by atoms with E-state index in [0.717, 1.165) is 31.2 Å². The monoisotopic (exact) mass is 354 g/mol. The van der Waals surface area contributed by atoms with Crippen LogP contribution in [0.15, 0.2) is 30.3 Å². The Morgan fingerprint density at radius 3 is 2.44 bits per heavy atom. The van der Waals surface area contributed by atoms with E-state index in [2.05, 4.69) is 6.92 Å². The van der Waals surface area contributed by atoms with Crippen molar-refractivity contribution in [1.82, 2.24) is 0 Å². The lowest BCUT2D eigenvalue weighted by Crippen LogP contribution is -2.52. The van der Waals surface area contributed by atoms with Gasteiger partial charge in [0.15, 0.2) is 0 Å². The number of aliphatic hydroxyl groups excluding tert-OH is 2. The second-order valence-corrected chi connectivity index (χ2v) is 6.64. The standard InChI is InChI=1S/C20H34O5/c1-4-5-6-10-13-20(2,19(18(22)14-21)24-16-23-3)25-15-17-11-8-7-9-12-17/h7-9,11-12,18-19,21-22H,4-6,10,13-16H2,1-3H3/t18-,19-,20+/m1/s1. The molecule has 144 valence electrons. The molecule has 0 radical (unpaired) electrons. The van der Waals surface area contributed by atoms with Gasteiger partial charge >= 0.3 is 0 Å². The molecule has 1 aromatic rings. The van der Waals surface area contributed by atoms with E-state index in [1.165, 1.54) is 13.5 Å². The number of aliphatic hydroxyl groups is 2. The summed E-state index contributed by atoms with van der Waals surface area (Å²) in [6, 6.07) is 9.92. The first-order valence-electron chi connectivity index (χ1n) is 9.14. The average molecular weight is 354 g/mol. The van der Waals surface area contributed by atoms with E-state index in [9.17, 15) is 10.2 Å². The van der Waals surface area contributed by atoms with E-state index in [0.29, 0.717) is 6.61 Å². The van der Waals surface area contributed by atoms with Crippen LogP contribution in [-0.2, 0) is 20.8 Å². The van der Waals surface area contributed by atoms with Crippen LogP contribution >= 0.6 is 0 Å². The molecule has 0 aliphatic rings. The van der Waals surface area contributed by atoms with Gasteiger partial charge in [-0.25, -0.2) is 0 Å². The maximum Gasteiger partial charge on any atom is 0.146 e. The summed E-state index contributed by atoms with van der Waals surface area (Å²) in [5.74, 6) is 0. The topological polar surface area (TPSA) is 68.2 Å². The number of hydrogen-bond donors (Lipinski definition) is 2. The van der Waals surface area contributed by atoms with Crippen molar-refractivity contribution in [3.63, 3.8) is 0 Å². The molecule has 0 spiro atoms. The van der Waals surface area contributed by atoms with Crippen LogP contribution in [0.4, 0.5) is 0 Å². The van der Waals surface area contributed by atoms with E-state index < -0.39 is 17.8 Å². The summed E-state index contributed by atoms with van der Waals surface area (Å²) >= 11 is 0. The van der Waals surface area contributed by atoms with Crippen LogP contribution < -0.4 is 0 Å². The molecular formula is C20H34O5. The fraction of sp³-hybridized carbons (Fsp3) is 0.700. The van der Waals surface area contributed by atoms with Crippen LogP contribution in [-0.4, -0.2) is 48.5 Å². The third kappa shape index (κ3) is 7.84. The molecule has 25 heavy (non-hydrogen) atoms. The highest BCUT2D eigenvalue weighted by atomic mass is 16.7. The van der Waals surface area contributed by atoms with Gasteiger partial charge in [-0.2, -0.15) is 0 Å². The normalized spacial score (nSPS) is 16.4. The highest BCUT2D eigenvalue weighted by Crippen LogP contribution is 2.29. The SMILES string of the molecule is CCCCCC[C@](C)(OCc1ccccc1)[C@H](OCOC)[C@H](O)CO. The summed E-state index contributed by atoms with van der Waals surface area (Å²) in [7, 11) is 1.53. The molecule has 1 rings (SSSR count). The van der Waals surface area contributed by atoms with Crippen LogP contribution in [0.25, 0.3) is 0 Å². The molecule has 5 heteroatoms. The van der Waals surface area contributed by atoms with Crippen LogP contribution in [0.5, 0.6) is 0 Å². The van der Waals surface area contributed by atoms with Crippen molar-refractivity contribution in [3.05, 3.63) is 35.9 Å². The fourth-order valence-electron chi connectivity index (χ4n) is 2.95. The van der Waals surface area contributed by atoms with Crippen molar-refractivity contribution in [2.24, 2.45) is 0 Å². The Morgan fingerprint density at radius 2 is 1.84 bits per heavy atom. The summed E-state index contributed by atoms with van der Waals surface area (Å²) in [5, 5.41) is 19.7. The van der Waals surface area contributed by atoms with E-state index >= 15 is 0 Å². The molecule has 0 saturated heterocycles. The summed E-state index contributed by atoms with van der Waals surface area (Å²) < 4.78 is 16.9. The lowest BCUT2D eigenvalue weighted by molar-refractivity contribution is -0.214. The van der Waals surface area contributed by atoms with Crippen LogP contribution in [0.3, 0.4) is 0 Å². The molecule has 0 saturated carbocycles. The molecule has 0 fully saturated rings. The van der Waals surface area contributed by atoms with E-state index in [1.807, 2.05) is 37.3 Å². The van der Waals surface area contributed by atoms with Gasteiger partial charge in [0.05, 0.1) is 18.8 Å². The van der Waals surface area contributed by atoms with Crippen molar-refractivity contribution in [3.8, 4) is 0 Å². The van der Waals surface area contributed by atoms with Gasteiger partial charge in [0.1, 0.15) is 19.0 Å². The van der Waals surface area contributed by atoms with Gasteiger partial charge in [0, 0.05) is 7.11 Å². The zero-order valence-corrected chi connectivity index (χ0v) is 15.8. The molecule has 0 bridgehead atoms. The molecule has 5 nitrogen and oxygen atoms in total. The molecule has 0 aromatic heterocycles. The fourth-order valence-corrected chi connectivity index (χ4v) is 2.95. The third-order valence-corrected chi connectivity index (χ3v) is 4.44. The van der Waals surface area contributed by atoms with E-state index in [-0.39, 0.29) is 13.4 Å². The third-order valence-electron chi connectivity index (χ3n) is 4.44. The average Bonchev–Trinajstić information content (AvgIpc) is 2.64. The Balaban J connectivity index is 2.84. The molecule has 1 aromatic carbocycles. The number of benzene rings is 1. The first kappa shape index (κ1) is 22.1. The Labute approximate surface area is 151 Å². The predicted octanol–water partition coefficient (Wildman–Crippen LogP) is 3.27. The van der Waals surface area contributed by atoms with Crippen molar-refractivity contribution in [2.45, 2.75) is 70.4 Å². The van der Waals surface area contributed by atoms with E-state index in [1.54, 1.807) is 0 Å². The minimum atomic E-state index is -1.03. The van der Waals surface area contributed by atoms with Crippen LogP contribution in [0, 0.1) is 0 Å². The van der Waals surface area contributed by atoms with Gasteiger partial charge in [0.2, 0.25) is 0 Å². The summed E-state index contributed by atoms with van der Waals surface area (Å²) in [6.45, 7) is 4.21. The number of ether oxygens (including phenoxy) is 3. The Bertz CT molecular complexity index is 439. The molecular weight excluding hydrogens is 320 g/mol. The largest absolute Gasteiger partial charge is 0.394 e. The maximum absolute atomic E-state index is 10.3. The lowest BCUT2D eigenvalue weighted by atomic mass is 9.88. The second kappa shape index (κ2) is 12.4. The number of rotatable bonds is 14. The molecule has 0 aliphatic heterocycles. The highest BCUT2D eigenvalue weighted by molar-refractivity contribution is 5.13. The molecule has 3 atom stereocenters. The minimum absolute atomic E-state index is 0.0426. The molecule has 0 aliphatic carbocycles.